The standard InChI is InChI=1S/C21H28O3/c1-15(2)8-7-11-20(18-13-12-16(3)14-19(18)22)24-21(23)17-9-5-4-6-10-17/h4-7,9-11,14-15,18-20,22H,8,12-13H2,1-3H3/b11-7+/t18-,19+,20-/m0/s1. The third-order valence-electron chi connectivity index (χ3n) is 4.37. The highest BCUT2D eigenvalue weighted by molar-refractivity contribution is 5.89. The van der Waals surface area contributed by atoms with Crippen LogP contribution in [-0.2, 0) is 4.74 Å². The fourth-order valence-electron chi connectivity index (χ4n) is 2.94. The van der Waals surface area contributed by atoms with Crippen LogP contribution >= 0.6 is 0 Å². The maximum absolute atomic E-state index is 12.4. The zero-order chi connectivity index (χ0) is 17.5. The lowest BCUT2D eigenvalue weighted by Gasteiger charge is -2.31. The predicted octanol–water partition coefficient (Wildman–Crippen LogP) is 4.53. The van der Waals surface area contributed by atoms with Crippen molar-refractivity contribution in [2.75, 3.05) is 0 Å². The van der Waals surface area contributed by atoms with Crippen LogP contribution in [0.1, 0.15) is 50.4 Å². The quantitative estimate of drug-likeness (QED) is 0.616. The van der Waals surface area contributed by atoms with Crippen molar-refractivity contribution in [2.24, 2.45) is 11.8 Å². The molecule has 3 nitrogen and oxygen atoms in total. The first-order chi connectivity index (χ1) is 11.5. The lowest BCUT2D eigenvalue weighted by atomic mass is 9.83. The van der Waals surface area contributed by atoms with E-state index in [2.05, 4.69) is 19.9 Å². The molecule has 3 heteroatoms. The summed E-state index contributed by atoms with van der Waals surface area (Å²) in [4.78, 5) is 12.4. The number of allylic oxidation sites excluding steroid dienone is 2. The summed E-state index contributed by atoms with van der Waals surface area (Å²) in [6.45, 7) is 6.33. The first-order valence-electron chi connectivity index (χ1n) is 8.75. The van der Waals surface area contributed by atoms with Crippen LogP contribution in [0.4, 0.5) is 0 Å². The molecule has 0 saturated carbocycles. The molecule has 1 aliphatic carbocycles. The van der Waals surface area contributed by atoms with Gasteiger partial charge in [-0.1, -0.05) is 49.8 Å². The van der Waals surface area contributed by atoms with Crippen LogP contribution in [0.15, 0.2) is 54.1 Å². The average molecular weight is 328 g/mol. The SMILES string of the molecule is CC1=C[C@@H](O)[C@@H]([C@H](/C=C/CC(C)C)OC(=O)c2ccccc2)CC1. The van der Waals surface area contributed by atoms with Crippen LogP contribution in [0, 0.1) is 11.8 Å². The smallest absolute Gasteiger partial charge is 0.338 e. The fraction of sp³-hybridized carbons (Fsp3) is 0.476. The molecule has 0 aliphatic heterocycles. The van der Waals surface area contributed by atoms with Crippen LogP contribution in [-0.4, -0.2) is 23.3 Å². The number of aliphatic hydroxyl groups excluding tert-OH is 1. The second kappa shape index (κ2) is 8.84. The summed E-state index contributed by atoms with van der Waals surface area (Å²) in [7, 11) is 0. The average Bonchev–Trinajstić information content (AvgIpc) is 2.54. The number of aliphatic hydroxyl groups is 1. The third-order valence-corrected chi connectivity index (χ3v) is 4.37. The number of carbonyl (C=O) groups is 1. The van der Waals surface area contributed by atoms with Crippen molar-refractivity contribution in [3.63, 3.8) is 0 Å². The van der Waals surface area contributed by atoms with Crippen LogP contribution in [0.2, 0.25) is 0 Å². The number of rotatable bonds is 6. The van der Waals surface area contributed by atoms with Crippen molar-refractivity contribution in [3.8, 4) is 0 Å². The summed E-state index contributed by atoms with van der Waals surface area (Å²) in [6, 6.07) is 9.01. The Hall–Kier alpha value is -1.87. The van der Waals surface area contributed by atoms with Crippen LogP contribution in [0.25, 0.3) is 0 Å². The van der Waals surface area contributed by atoms with Gasteiger partial charge in [-0.3, -0.25) is 0 Å². The van der Waals surface area contributed by atoms with Gasteiger partial charge in [0.15, 0.2) is 0 Å². The summed E-state index contributed by atoms with van der Waals surface area (Å²) < 4.78 is 5.75. The minimum absolute atomic E-state index is 0.0928. The van der Waals surface area contributed by atoms with E-state index in [4.69, 9.17) is 4.74 Å². The number of carbonyl (C=O) groups excluding carboxylic acids is 1. The lowest BCUT2D eigenvalue weighted by Crippen LogP contribution is -2.35. The van der Waals surface area contributed by atoms with Crippen LogP contribution in [0.3, 0.4) is 0 Å². The second-order valence-corrected chi connectivity index (χ2v) is 7.00. The lowest BCUT2D eigenvalue weighted by molar-refractivity contribution is 0.00455. The first-order valence-corrected chi connectivity index (χ1v) is 8.75. The van der Waals surface area contributed by atoms with Gasteiger partial charge in [0.25, 0.3) is 0 Å². The topological polar surface area (TPSA) is 46.5 Å². The summed E-state index contributed by atoms with van der Waals surface area (Å²) in [6.07, 6.45) is 7.59. The summed E-state index contributed by atoms with van der Waals surface area (Å²) in [5, 5.41) is 10.4. The van der Waals surface area contributed by atoms with Gasteiger partial charge in [0.1, 0.15) is 6.10 Å². The molecule has 2 rings (SSSR count). The number of benzene rings is 1. The second-order valence-electron chi connectivity index (χ2n) is 7.00. The first kappa shape index (κ1) is 18.5. The van der Waals surface area contributed by atoms with E-state index >= 15 is 0 Å². The Morgan fingerprint density at radius 1 is 1.33 bits per heavy atom. The van der Waals surface area contributed by atoms with E-state index in [1.54, 1.807) is 12.1 Å². The minimum atomic E-state index is -0.573. The minimum Gasteiger partial charge on any atom is -0.454 e. The molecule has 0 saturated heterocycles. The Bertz CT molecular complexity index is 586. The van der Waals surface area contributed by atoms with E-state index < -0.39 is 12.2 Å². The van der Waals surface area contributed by atoms with E-state index in [0.29, 0.717) is 11.5 Å². The number of ether oxygens (including phenoxy) is 1. The molecule has 0 fully saturated rings. The highest BCUT2D eigenvalue weighted by atomic mass is 16.5. The number of esters is 1. The molecular formula is C21H28O3. The van der Waals surface area contributed by atoms with E-state index in [1.165, 1.54) is 5.57 Å². The van der Waals surface area contributed by atoms with Gasteiger partial charge in [0, 0.05) is 5.92 Å². The Morgan fingerprint density at radius 2 is 2.04 bits per heavy atom. The predicted molar refractivity (Wildman–Crippen MR) is 96.7 cm³/mol. The highest BCUT2D eigenvalue weighted by Crippen LogP contribution is 2.29. The van der Waals surface area contributed by atoms with Crippen LogP contribution in [0.5, 0.6) is 0 Å². The molecule has 0 bridgehead atoms. The maximum Gasteiger partial charge on any atom is 0.338 e. The highest BCUT2D eigenvalue weighted by Gasteiger charge is 2.31. The maximum atomic E-state index is 12.4. The Kier molecular flexibility index (Phi) is 6.80. The van der Waals surface area contributed by atoms with Crippen molar-refractivity contribution < 1.29 is 14.6 Å². The molecule has 24 heavy (non-hydrogen) atoms. The largest absolute Gasteiger partial charge is 0.454 e. The number of hydrogen-bond donors (Lipinski definition) is 1. The molecule has 1 N–H and O–H groups in total. The Morgan fingerprint density at radius 3 is 2.67 bits per heavy atom. The normalized spacial score (nSPS) is 22.5. The van der Waals surface area contributed by atoms with Crippen LogP contribution < -0.4 is 0 Å². The van der Waals surface area contributed by atoms with Crippen molar-refractivity contribution >= 4 is 5.97 Å². The summed E-state index contributed by atoms with van der Waals surface area (Å²) in [5.41, 5.74) is 1.73. The van der Waals surface area contributed by atoms with E-state index in [9.17, 15) is 9.90 Å². The molecule has 0 aromatic heterocycles. The molecule has 0 spiro atoms. The molecule has 1 aromatic rings. The Labute approximate surface area is 145 Å². The Balaban J connectivity index is 2.13. The number of hydrogen-bond acceptors (Lipinski definition) is 3. The van der Waals surface area contributed by atoms with Crippen molar-refractivity contribution in [1.29, 1.82) is 0 Å². The van der Waals surface area contributed by atoms with Gasteiger partial charge in [-0.25, -0.2) is 4.79 Å². The molecular weight excluding hydrogens is 300 g/mol. The molecule has 1 aliphatic rings. The van der Waals surface area contributed by atoms with Crippen molar-refractivity contribution in [2.45, 2.75) is 52.2 Å². The molecule has 1 aromatic carbocycles. The van der Waals surface area contributed by atoms with E-state index in [0.717, 1.165) is 19.3 Å². The summed E-state index contributed by atoms with van der Waals surface area (Å²) in [5.74, 6) is 0.114. The summed E-state index contributed by atoms with van der Waals surface area (Å²) >= 11 is 0. The fourth-order valence-corrected chi connectivity index (χ4v) is 2.94. The third kappa shape index (κ3) is 5.34. The van der Waals surface area contributed by atoms with Crippen molar-refractivity contribution in [3.05, 3.63) is 59.7 Å². The van der Waals surface area contributed by atoms with E-state index in [-0.39, 0.29) is 11.9 Å². The zero-order valence-electron chi connectivity index (χ0n) is 14.8. The van der Waals surface area contributed by atoms with Gasteiger partial charge in [0.05, 0.1) is 11.7 Å². The van der Waals surface area contributed by atoms with Gasteiger partial charge in [-0.05, 0) is 50.3 Å². The molecule has 0 unspecified atom stereocenters. The van der Waals surface area contributed by atoms with Gasteiger partial charge >= 0.3 is 5.97 Å². The molecule has 3 atom stereocenters. The van der Waals surface area contributed by atoms with Gasteiger partial charge in [-0.2, -0.15) is 0 Å². The van der Waals surface area contributed by atoms with E-state index in [1.807, 2.05) is 37.3 Å². The van der Waals surface area contributed by atoms with Gasteiger partial charge in [-0.15, -0.1) is 0 Å². The molecule has 130 valence electrons. The molecule has 0 heterocycles. The van der Waals surface area contributed by atoms with Gasteiger partial charge in [0.2, 0.25) is 0 Å². The van der Waals surface area contributed by atoms with Crippen molar-refractivity contribution in [1.82, 2.24) is 0 Å². The van der Waals surface area contributed by atoms with Gasteiger partial charge < -0.3 is 9.84 Å². The molecule has 0 amide bonds. The zero-order valence-corrected chi connectivity index (χ0v) is 14.8. The monoisotopic (exact) mass is 328 g/mol. The molecule has 0 radical (unpaired) electrons.